The van der Waals surface area contributed by atoms with Crippen LogP contribution < -0.4 is 10.6 Å². The van der Waals surface area contributed by atoms with Gasteiger partial charge in [-0.15, -0.1) is 10.2 Å². The van der Waals surface area contributed by atoms with Crippen molar-refractivity contribution >= 4 is 17.8 Å². The third-order valence-electron chi connectivity index (χ3n) is 4.96. The summed E-state index contributed by atoms with van der Waals surface area (Å²) >= 11 is 0. The van der Waals surface area contributed by atoms with Gasteiger partial charge in [0.05, 0.1) is 6.61 Å². The molecule has 0 aromatic carbocycles. The van der Waals surface area contributed by atoms with Crippen molar-refractivity contribution in [3.63, 3.8) is 0 Å². The second kappa shape index (κ2) is 8.82. The minimum Gasteiger partial charge on any atom is -0.450 e. The zero-order valence-corrected chi connectivity index (χ0v) is 15.2. The van der Waals surface area contributed by atoms with E-state index >= 15 is 0 Å². The summed E-state index contributed by atoms with van der Waals surface area (Å²) in [6.45, 7) is 3.33. The molecule has 0 radical (unpaired) electrons. The smallest absolute Gasteiger partial charge is 0.409 e. The Balaban J connectivity index is 1.45. The third kappa shape index (κ3) is 4.83. The van der Waals surface area contributed by atoms with Crippen LogP contribution in [0.3, 0.4) is 0 Å². The third-order valence-corrected chi connectivity index (χ3v) is 4.96. The maximum atomic E-state index is 12.3. The van der Waals surface area contributed by atoms with Crippen LogP contribution in [0.25, 0.3) is 0 Å². The van der Waals surface area contributed by atoms with Crippen molar-refractivity contribution in [3.8, 4) is 0 Å². The lowest BCUT2D eigenvalue weighted by Gasteiger charge is -2.31. The molecule has 1 aromatic rings. The summed E-state index contributed by atoms with van der Waals surface area (Å²) in [6, 6.07) is 4.01. The quantitative estimate of drug-likeness (QED) is 0.834. The van der Waals surface area contributed by atoms with Gasteiger partial charge >= 0.3 is 6.09 Å². The molecule has 2 amide bonds. The van der Waals surface area contributed by atoms with Gasteiger partial charge in [0.1, 0.15) is 5.82 Å². The Labute approximate surface area is 153 Å². The van der Waals surface area contributed by atoms with Gasteiger partial charge in [-0.05, 0) is 44.7 Å². The van der Waals surface area contributed by atoms with Crippen LogP contribution in [0, 0.1) is 0 Å². The number of nitrogens with zero attached hydrogens (tertiary/aromatic N) is 3. The van der Waals surface area contributed by atoms with Gasteiger partial charge in [0, 0.05) is 25.2 Å². The lowest BCUT2D eigenvalue weighted by Crippen LogP contribution is -2.46. The Bertz CT molecular complexity index is 608. The van der Waals surface area contributed by atoms with E-state index in [-0.39, 0.29) is 18.0 Å². The molecular weight excluding hydrogens is 334 g/mol. The van der Waals surface area contributed by atoms with E-state index in [1.807, 2.05) is 6.07 Å². The minimum absolute atomic E-state index is 0.0336. The number of hydrogen-bond donors (Lipinski definition) is 2. The van der Waals surface area contributed by atoms with E-state index in [2.05, 4.69) is 20.8 Å². The fraction of sp³-hybridized carbons (Fsp3) is 0.667. The number of likely N-dealkylation sites (tertiary alicyclic amines) is 1. The van der Waals surface area contributed by atoms with Gasteiger partial charge in [-0.2, -0.15) is 0 Å². The highest BCUT2D eigenvalue weighted by atomic mass is 16.6. The van der Waals surface area contributed by atoms with Crippen LogP contribution in [0.5, 0.6) is 0 Å². The molecular formula is C18H27N5O3. The summed E-state index contributed by atoms with van der Waals surface area (Å²) in [5.41, 5.74) is 0.315. The van der Waals surface area contributed by atoms with Crippen molar-refractivity contribution in [1.82, 2.24) is 20.4 Å². The fourth-order valence-electron chi connectivity index (χ4n) is 3.49. The maximum absolute atomic E-state index is 12.3. The SMILES string of the molecule is CCOC(=O)N1CCC(NC(=O)c2ccc(NC3CCCC3)nn2)CC1. The van der Waals surface area contributed by atoms with E-state index in [1.165, 1.54) is 12.8 Å². The normalized spacial score (nSPS) is 18.6. The number of piperidine rings is 1. The summed E-state index contributed by atoms with van der Waals surface area (Å²) in [5.74, 6) is 0.496. The first-order valence-corrected chi connectivity index (χ1v) is 9.48. The number of carbonyl (C=O) groups excluding carboxylic acids is 2. The summed E-state index contributed by atoms with van der Waals surface area (Å²) < 4.78 is 5.00. The Hall–Kier alpha value is -2.38. The number of amides is 2. The second-order valence-electron chi connectivity index (χ2n) is 6.86. The monoisotopic (exact) mass is 361 g/mol. The average molecular weight is 361 g/mol. The maximum Gasteiger partial charge on any atom is 0.409 e. The Morgan fingerprint density at radius 2 is 1.85 bits per heavy atom. The predicted octanol–water partition coefficient (Wildman–Crippen LogP) is 2.18. The van der Waals surface area contributed by atoms with Crippen molar-refractivity contribution in [1.29, 1.82) is 0 Å². The zero-order chi connectivity index (χ0) is 18.4. The number of carbonyl (C=O) groups is 2. The molecule has 2 fully saturated rings. The van der Waals surface area contributed by atoms with E-state index in [4.69, 9.17) is 4.74 Å². The lowest BCUT2D eigenvalue weighted by atomic mass is 10.1. The number of rotatable bonds is 5. The van der Waals surface area contributed by atoms with Gasteiger partial charge in [0.15, 0.2) is 5.69 Å². The molecule has 1 aliphatic carbocycles. The molecule has 0 bridgehead atoms. The average Bonchev–Trinajstić information content (AvgIpc) is 3.16. The molecule has 142 valence electrons. The van der Waals surface area contributed by atoms with Crippen LogP contribution in [0.15, 0.2) is 12.1 Å². The largest absolute Gasteiger partial charge is 0.450 e. The molecule has 0 unspecified atom stereocenters. The number of nitrogens with one attached hydrogen (secondary N) is 2. The van der Waals surface area contributed by atoms with Crippen LogP contribution in [0.4, 0.5) is 10.6 Å². The van der Waals surface area contributed by atoms with Crippen LogP contribution in [0.1, 0.15) is 55.9 Å². The first-order valence-electron chi connectivity index (χ1n) is 9.48. The summed E-state index contributed by atoms with van der Waals surface area (Å²) in [7, 11) is 0. The van der Waals surface area contributed by atoms with Crippen molar-refractivity contribution in [2.45, 2.75) is 57.5 Å². The molecule has 1 saturated heterocycles. The van der Waals surface area contributed by atoms with E-state index in [1.54, 1.807) is 17.9 Å². The highest BCUT2D eigenvalue weighted by Crippen LogP contribution is 2.21. The zero-order valence-electron chi connectivity index (χ0n) is 15.2. The van der Waals surface area contributed by atoms with Crippen molar-refractivity contribution in [3.05, 3.63) is 17.8 Å². The van der Waals surface area contributed by atoms with Crippen LogP contribution in [-0.4, -0.2) is 58.9 Å². The molecule has 2 aliphatic rings. The summed E-state index contributed by atoms with van der Waals surface area (Å²) in [5, 5.41) is 14.5. The first-order chi connectivity index (χ1) is 12.7. The summed E-state index contributed by atoms with van der Waals surface area (Å²) in [4.78, 5) is 25.7. The Morgan fingerprint density at radius 1 is 1.12 bits per heavy atom. The van der Waals surface area contributed by atoms with Gasteiger partial charge in [-0.25, -0.2) is 4.79 Å². The van der Waals surface area contributed by atoms with E-state index in [0.29, 0.717) is 44.3 Å². The van der Waals surface area contributed by atoms with Crippen molar-refractivity contribution < 1.29 is 14.3 Å². The molecule has 1 aromatic heterocycles. The number of ether oxygens (including phenoxy) is 1. The van der Waals surface area contributed by atoms with E-state index < -0.39 is 0 Å². The van der Waals surface area contributed by atoms with Crippen LogP contribution in [-0.2, 0) is 4.74 Å². The second-order valence-corrected chi connectivity index (χ2v) is 6.86. The Kier molecular flexibility index (Phi) is 6.25. The van der Waals surface area contributed by atoms with Gasteiger partial charge in [0.25, 0.3) is 5.91 Å². The topological polar surface area (TPSA) is 96.5 Å². The van der Waals surface area contributed by atoms with Crippen molar-refractivity contribution in [2.75, 3.05) is 25.0 Å². The molecule has 0 atom stereocenters. The molecule has 0 spiro atoms. The number of aromatic nitrogens is 2. The highest BCUT2D eigenvalue weighted by molar-refractivity contribution is 5.92. The fourth-order valence-corrected chi connectivity index (χ4v) is 3.49. The van der Waals surface area contributed by atoms with E-state index in [9.17, 15) is 9.59 Å². The molecule has 8 nitrogen and oxygen atoms in total. The predicted molar refractivity (Wildman–Crippen MR) is 97.0 cm³/mol. The van der Waals surface area contributed by atoms with Gasteiger partial charge < -0.3 is 20.3 Å². The van der Waals surface area contributed by atoms with Gasteiger partial charge in [0.2, 0.25) is 0 Å². The number of hydrogen-bond acceptors (Lipinski definition) is 6. The molecule has 1 aliphatic heterocycles. The van der Waals surface area contributed by atoms with Gasteiger partial charge in [-0.1, -0.05) is 12.8 Å². The van der Waals surface area contributed by atoms with Crippen molar-refractivity contribution in [2.24, 2.45) is 0 Å². The molecule has 2 heterocycles. The molecule has 1 saturated carbocycles. The minimum atomic E-state index is -0.284. The van der Waals surface area contributed by atoms with Gasteiger partial charge in [-0.3, -0.25) is 4.79 Å². The van der Waals surface area contributed by atoms with E-state index in [0.717, 1.165) is 18.7 Å². The molecule has 3 rings (SSSR count). The number of anilines is 1. The van der Waals surface area contributed by atoms with Crippen LogP contribution >= 0.6 is 0 Å². The molecule has 8 heteroatoms. The lowest BCUT2D eigenvalue weighted by molar-refractivity contribution is 0.0856. The standard InChI is InChI=1S/C18H27N5O3/c1-2-26-18(25)23-11-9-14(10-12-23)20-17(24)15-7-8-16(22-21-15)19-13-5-3-4-6-13/h7-8,13-14H,2-6,9-12H2,1H3,(H,19,22)(H,20,24). The highest BCUT2D eigenvalue weighted by Gasteiger charge is 2.25. The van der Waals surface area contributed by atoms with Crippen LogP contribution in [0.2, 0.25) is 0 Å². The molecule has 26 heavy (non-hydrogen) atoms. The first kappa shape index (κ1) is 18.4. The Morgan fingerprint density at radius 3 is 2.46 bits per heavy atom. The summed E-state index contributed by atoms with van der Waals surface area (Å²) in [6.07, 6.45) is 5.95. The molecule has 2 N–H and O–H groups in total.